The molecule has 0 saturated carbocycles. The lowest BCUT2D eigenvalue weighted by Gasteiger charge is -2.34. The molecule has 5 heteroatoms. The fourth-order valence-corrected chi connectivity index (χ4v) is 2.57. The van der Waals surface area contributed by atoms with Crippen LogP contribution in [-0.4, -0.2) is 42.0 Å². The molecule has 23 heavy (non-hydrogen) atoms. The van der Waals surface area contributed by atoms with Crippen molar-refractivity contribution in [3.05, 3.63) is 66.1 Å². The van der Waals surface area contributed by atoms with Crippen LogP contribution in [0.15, 0.2) is 54.7 Å². The van der Waals surface area contributed by atoms with Gasteiger partial charge in [0.05, 0.1) is 0 Å². The number of anilines is 1. The van der Waals surface area contributed by atoms with Gasteiger partial charge in [0, 0.05) is 44.0 Å². The number of rotatable bonds is 3. The Labute approximate surface area is 134 Å². The molecule has 0 spiro atoms. The predicted molar refractivity (Wildman–Crippen MR) is 88.5 cm³/mol. The average molecular weight is 311 g/mol. The van der Waals surface area contributed by atoms with Gasteiger partial charge in [0.2, 0.25) is 5.91 Å². The second-order valence-electron chi connectivity index (χ2n) is 5.36. The Morgan fingerprint density at radius 1 is 1.04 bits per heavy atom. The molecule has 1 aromatic carbocycles. The highest BCUT2D eigenvalue weighted by Gasteiger charge is 2.20. The van der Waals surface area contributed by atoms with Crippen LogP contribution in [0.3, 0.4) is 0 Å². The molecule has 0 radical (unpaired) electrons. The molecular formula is C18H18FN3O. The molecule has 1 amide bonds. The number of nitrogens with zero attached hydrogens (tertiary/aromatic N) is 3. The van der Waals surface area contributed by atoms with Crippen LogP contribution in [0.2, 0.25) is 0 Å². The molecule has 1 saturated heterocycles. The fraction of sp³-hybridized carbons (Fsp3) is 0.222. The quantitative estimate of drug-likeness (QED) is 0.818. The van der Waals surface area contributed by atoms with Crippen molar-refractivity contribution >= 4 is 17.8 Å². The Balaban J connectivity index is 1.57. The van der Waals surface area contributed by atoms with E-state index >= 15 is 0 Å². The summed E-state index contributed by atoms with van der Waals surface area (Å²) in [7, 11) is 0. The smallest absolute Gasteiger partial charge is 0.246 e. The van der Waals surface area contributed by atoms with Crippen LogP contribution >= 0.6 is 0 Å². The summed E-state index contributed by atoms with van der Waals surface area (Å²) in [6.45, 7) is 2.76. The third-order valence-electron chi connectivity index (χ3n) is 3.88. The van der Waals surface area contributed by atoms with Crippen LogP contribution in [0, 0.1) is 5.82 Å². The van der Waals surface area contributed by atoms with Crippen LogP contribution in [0.1, 0.15) is 5.56 Å². The lowest BCUT2D eigenvalue weighted by molar-refractivity contribution is -0.126. The van der Waals surface area contributed by atoms with Crippen molar-refractivity contribution in [3.63, 3.8) is 0 Å². The number of pyridine rings is 1. The number of hydrogen-bond acceptors (Lipinski definition) is 3. The standard InChI is InChI=1S/C18H18FN3O/c19-16-6-2-1-5-15(16)8-9-18(23)22-13-11-21(12-14-22)17-7-3-4-10-20-17/h1-10H,11-14H2/b9-8+. The van der Waals surface area contributed by atoms with Gasteiger partial charge in [-0.05, 0) is 24.3 Å². The number of amides is 1. The molecule has 0 atom stereocenters. The van der Waals surface area contributed by atoms with Gasteiger partial charge in [0.25, 0.3) is 0 Å². The van der Waals surface area contributed by atoms with E-state index in [-0.39, 0.29) is 11.7 Å². The summed E-state index contributed by atoms with van der Waals surface area (Å²) < 4.78 is 13.5. The molecule has 1 aliphatic rings. The van der Waals surface area contributed by atoms with Gasteiger partial charge in [-0.2, -0.15) is 0 Å². The highest BCUT2D eigenvalue weighted by atomic mass is 19.1. The Morgan fingerprint density at radius 3 is 2.48 bits per heavy atom. The van der Waals surface area contributed by atoms with Crippen LogP contribution in [-0.2, 0) is 4.79 Å². The van der Waals surface area contributed by atoms with Crippen molar-refractivity contribution in [2.45, 2.75) is 0 Å². The normalized spacial score (nSPS) is 15.2. The lowest BCUT2D eigenvalue weighted by atomic mass is 10.2. The summed E-state index contributed by atoms with van der Waals surface area (Å²) >= 11 is 0. The highest BCUT2D eigenvalue weighted by Crippen LogP contribution is 2.13. The van der Waals surface area contributed by atoms with Crippen molar-refractivity contribution in [1.82, 2.24) is 9.88 Å². The number of carbonyl (C=O) groups is 1. The van der Waals surface area contributed by atoms with E-state index < -0.39 is 0 Å². The van der Waals surface area contributed by atoms with Gasteiger partial charge in [0.15, 0.2) is 0 Å². The van der Waals surface area contributed by atoms with E-state index in [0.717, 1.165) is 18.9 Å². The van der Waals surface area contributed by atoms with E-state index in [4.69, 9.17) is 0 Å². The third-order valence-corrected chi connectivity index (χ3v) is 3.88. The minimum absolute atomic E-state index is 0.0890. The maximum atomic E-state index is 13.5. The molecule has 118 valence electrons. The molecule has 2 aromatic rings. The van der Waals surface area contributed by atoms with Crippen LogP contribution in [0.4, 0.5) is 10.2 Å². The van der Waals surface area contributed by atoms with E-state index in [0.29, 0.717) is 18.7 Å². The van der Waals surface area contributed by atoms with Crippen LogP contribution < -0.4 is 4.90 Å². The number of benzene rings is 1. The number of halogens is 1. The average Bonchev–Trinajstić information content (AvgIpc) is 2.62. The first-order valence-electron chi connectivity index (χ1n) is 7.61. The summed E-state index contributed by atoms with van der Waals surface area (Å²) in [5.74, 6) is 0.520. The zero-order chi connectivity index (χ0) is 16.1. The number of carbonyl (C=O) groups excluding carboxylic acids is 1. The maximum absolute atomic E-state index is 13.5. The van der Waals surface area contributed by atoms with E-state index in [2.05, 4.69) is 9.88 Å². The number of aromatic nitrogens is 1. The van der Waals surface area contributed by atoms with Crippen molar-refractivity contribution in [2.75, 3.05) is 31.1 Å². The van der Waals surface area contributed by atoms with Crippen molar-refractivity contribution < 1.29 is 9.18 Å². The molecule has 0 unspecified atom stereocenters. The largest absolute Gasteiger partial charge is 0.353 e. The third kappa shape index (κ3) is 3.74. The molecule has 0 bridgehead atoms. The Bertz CT molecular complexity index is 694. The predicted octanol–water partition coefficient (Wildman–Crippen LogP) is 2.58. The van der Waals surface area contributed by atoms with Gasteiger partial charge >= 0.3 is 0 Å². The van der Waals surface area contributed by atoms with Gasteiger partial charge < -0.3 is 9.80 Å². The molecule has 0 N–H and O–H groups in total. The second-order valence-corrected chi connectivity index (χ2v) is 5.36. The molecule has 2 heterocycles. The van der Waals surface area contributed by atoms with Gasteiger partial charge in [-0.25, -0.2) is 9.37 Å². The van der Waals surface area contributed by atoms with E-state index in [9.17, 15) is 9.18 Å². The van der Waals surface area contributed by atoms with Gasteiger partial charge in [-0.1, -0.05) is 24.3 Å². The van der Waals surface area contributed by atoms with E-state index in [1.165, 1.54) is 18.2 Å². The lowest BCUT2D eigenvalue weighted by Crippen LogP contribution is -2.48. The van der Waals surface area contributed by atoms with Crippen LogP contribution in [0.25, 0.3) is 6.08 Å². The van der Waals surface area contributed by atoms with E-state index in [1.54, 1.807) is 29.3 Å². The minimum atomic E-state index is -0.323. The molecule has 1 fully saturated rings. The Hall–Kier alpha value is -2.69. The number of hydrogen-bond donors (Lipinski definition) is 0. The summed E-state index contributed by atoms with van der Waals surface area (Å²) in [5.41, 5.74) is 0.424. The fourth-order valence-electron chi connectivity index (χ4n) is 2.57. The minimum Gasteiger partial charge on any atom is -0.353 e. The summed E-state index contributed by atoms with van der Waals surface area (Å²) in [4.78, 5) is 20.5. The summed E-state index contributed by atoms with van der Waals surface area (Å²) in [5, 5.41) is 0. The zero-order valence-electron chi connectivity index (χ0n) is 12.7. The Kier molecular flexibility index (Phi) is 4.66. The monoisotopic (exact) mass is 311 g/mol. The van der Waals surface area contributed by atoms with Gasteiger partial charge in [0.1, 0.15) is 11.6 Å². The maximum Gasteiger partial charge on any atom is 0.246 e. The zero-order valence-corrected chi connectivity index (χ0v) is 12.7. The van der Waals surface area contributed by atoms with Crippen molar-refractivity contribution in [2.24, 2.45) is 0 Å². The first kappa shape index (κ1) is 15.2. The van der Waals surface area contributed by atoms with Crippen molar-refractivity contribution in [1.29, 1.82) is 0 Å². The van der Waals surface area contributed by atoms with Crippen molar-refractivity contribution in [3.8, 4) is 0 Å². The topological polar surface area (TPSA) is 36.4 Å². The molecule has 3 rings (SSSR count). The first-order chi connectivity index (χ1) is 11.2. The second kappa shape index (κ2) is 7.05. The summed E-state index contributed by atoms with van der Waals surface area (Å²) in [6.07, 6.45) is 4.74. The Morgan fingerprint density at radius 2 is 1.78 bits per heavy atom. The van der Waals surface area contributed by atoms with E-state index in [1.807, 2.05) is 18.2 Å². The molecule has 1 aliphatic heterocycles. The molecular weight excluding hydrogens is 293 g/mol. The molecule has 0 aliphatic carbocycles. The first-order valence-corrected chi connectivity index (χ1v) is 7.61. The SMILES string of the molecule is O=C(/C=C/c1ccccc1F)N1CCN(c2ccccn2)CC1. The summed E-state index contributed by atoms with van der Waals surface area (Å²) in [6, 6.07) is 12.2. The van der Waals surface area contributed by atoms with Gasteiger partial charge in [-0.3, -0.25) is 4.79 Å². The van der Waals surface area contributed by atoms with Crippen LogP contribution in [0.5, 0.6) is 0 Å². The highest BCUT2D eigenvalue weighted by molar-refractivity contribution is 5.92. The number of piperazine rings is 1. The molecule has 4 nitrogen and oxygen atoms in total. The van der Waals surface area contributed by atoms with Gasteiger partial charge in [-0.15, -0.1) is 0 Å². The molecule has 1 aromatic heterocycles.